The van der Waals surface area contributed by atoms with Crippen LogP contribution in [0.3, 0.4) is 0 Å². The molecule has 18 heavy (non-hydrogen) atoms. The third kappa shape index (κ3) is 4.06. The van der Waals surface area contributed by atoms with Gasteiger partial charge in [-0.25, -0.2) is 4.39 Å². The molecule has 4 N–H and O–H groups in total. The van der Waals surface area contributed by atoms with Crippen molar-refractivity contribution in [1.82, 2.24) is 0 Å². The Morgan fingerprint density at radius 2 is 2.17 bits per heavy atom. The topological polar surface area (TPSA) is 83.5 Å². The maximum Gasteiger partial charge on any atom is 0.185 e. The molecule has 0 aliphatic heterocycles. The number of benzene rings is 1. The predicted octanol–water partition coefficient (Wildman–Crippen LogP) is 0.958. The third-order valence-electron chi connectivity index (χ3n) is 2.47. The molecule has 2 unspecified atom stereocenters. The summed E-state index contributed by atoms with van der Waals surface area (Å²) in [6.07, 6.45) is -2.29. The molecule has 0 amide bonds. The molecule has 0 bridgehead atoms. The van der Waals surface area contributed by atoms with E-state index in [1.165, 1.54) is 25.1 Å². The summed E-state index contributed by atoms with van der Waals surface area (Å²) < 4.78 is 13.0. The Morgan fingerprint density at radius 1 is 1.50 bits per heavy atom. The quantitative estimate of drug-likeness (QED) is 0.744. The highest BCUT2D eigenvalue weighted by molar-refractivity contribution is 8.13. The van der Waals surface area contributed by atoms with Gasteiger partial charge in [-0.05, 0) is 23.3 Å². The lowest BCUT2D eigenvalue weighted by molar-refractivity contribution is -0.109. The molecule has 4 nitrogen and oxygen atoms in total. The zero-order chi connectivity index (χ0) is 13.7. The number of hydrogen-bond donors (Lipinski definition) is 3. The van der Waals surface area contributed by atoms with Gasteiger partial charge in [0.1, 0.15) is 11.9 Å². The number of aliphatic hydroxyl groups is 2. The highest BCUT2D eigenvalue weighted by Gasteiger charge is 2.21. The number of rotatable bonds is 5. The van der Waals surface area contributed by atoms with Crippen LogP contribution in [0.4, 0.5) is 4.39 Å². The van der Waals surface area contributed by atoms with E-state index in [0.717, 1.165) is 11.8 Å². The van der Waals surface area contributed by atoms with Crippen molar-refractivity contribution in [2.75, 3.05) is 5.75 Å². The number of carbonyl (C=O) groups is 1. The molecule has 0 heterocycles. The minimum absolute atomic E-state index is 0.0662. The van der Waals surface area contributed by atoms with Gasteiger partial charge in [0.05, 0.1) is 6.10 Å². The largest absolute Gasteiger partial charge is 0.389 e. The normalized spacial score (nSPS) is 14.3. The van der Waals surface area contributed by atoms with Gasteiger partial charge in [0.15, 0.2) is 5.12 Å². The fourth-order valence-corrected chi connectivity index (χ4v) is 2.13. The Morgan fingerprint density at radius 3 is 2.72 bits per heavy atom. The van der Waals surface area contributed by atoms with Gasteiger partial charge in [-0.2, -0.15) is 0 Å². The van der Waals surface area contributed by atoms with Crippen molar-refractivity contribution in [3.05, 3.63) is 35.1 Å². The van der Waals surface area contributed by atoms with E-state index in [1.54, 1.807) is 0 Å². The van der Waals surface area contributed by atoms with Crippen molar-refractivity contribution in [2.45, 2.75) is 25.7 Å². The van der Waals surface area contributed by atoms with Gasteiger partial charge in [-0.3, -0.25) is 4.79 Å². The summed E-state index contributed by atoms with van der Waals surface area (Å²) in [5.74, 6) is -0.364. The number of aliphatic hydroxyl groups excluding tert-OH is 2. The molecule has 0 saturated carbocycles. The highest BCUT2D eigenvalue weighted by atomic mass is 32.2. The molecule has 6 heteroatoms. The first-order valence-electron chi connectivity index (χ1n) is 5.43. The standard InChI is InChI=1S/C12H16FNO3S/c1-7(15)18-6-11(16)12(17)10-3-2-9(13)4-8(10)5-14/h2-4,11-12,16-17H,5-6,14H2,1H3. The second-order valence-electron chi connectivity index (χ2n) is 3.86. The molecule has 100 valence electrons. The van der Waals surface area contributed by atoms with E-state index in [9.17, 15) is 19.4 Å². The first kappa shape index (κ1) is 15.1. The zero-order valence-electron chi connectivity index (χ0n) is 9.97. The average molecular weight is 273 g/mol. The van der Waals surface area contributed by atoms with E-state index in [0.29, 0.717) is 11.1 Å². The molecule has 0 aliphatic rings. The lowest BCUT2D eigenvalue weighted by Gasteiger charge is -2.20. The van der Waals surface area contributed by atoms with E-state index >= 15 is 0 Å². The Hall–Kier alpha value is -0.950. The number of nitrogens with two attached hydrogens (primary N) is 1. The summed E-state index contributed by atoms with van der Waals surface area (Å²) in [5, 5.41) is 19.6. The van der Waals surface area contributed by atoms with Crippen LogP contribution < -0.4 is 5.73 Å². The summed E-state index contributed by atoms with van der Waals surface area (Å²) in [5.41, 5.74) is 6.28. The van der Waals surface area contributed by atoms with E-state index < -0.39 is 18.0 Å². The summed E-state index contributed by atoms with van der Waals surface area (Å²) in [4.78, 5) is 10.8. The van der Waals surface area contributed by atoms with Crippen molar-refractivity contribution in [2.24, 2.45) is 5.73 Å². The first-order chi connectivity index (χ1) is 8.45. The van der Waals surface area contributed by atoms with Gasteiger partial charge < -0.3 is 15.9 Å². The second kappa shape index (κ2) is 6.84. The smallest absolute Gasteiger partial charge is 0.185 e. The molecular weight excluding hydrogens is 257 g/mol. The number of carbonyl (C=O) groups excluding carboxylic acids is 1. The molecule has 0 fully saturated rings. The van der Waals surface area contributed by atoms with Gasteiger partial charge in [0, 0.05) is 19.2 Å². The van der Waals surface area contributed by atoms with Gasteiger partial charge in [-0.1, -0.05) is 17.8 Å². The van der Waals surface area contributed by atoms with Crippen LogP contribution in [0, 0.1) is 5.82 Å². The summed E-state index contributed by atoms with van der Waals surface area (Å²) in [6, 6.07) is 3.82. The van der Waals surface area contributed by atoms with Crippen LogP contribution in [0.5, 0.6) is 0 Å². The summed E-state index contributed by atoms with van der Waals surface area (Å²) in [7, 11) is 0. The second-order valence-corrected chi connectivity index (χ2v) is 5.06. The molecule has 1 aromatic carbocycles. The van der Waals surface area contributed by atoms with Crippen molar-refractivity contribution < 1.29 is 19.4 Å². The Balaban J connectivity index is 2.82. The average Bonchev–Trinajstić information content (AvgIpc) is 2.34. The molecule has 0 radical (unpaired) electrons. The lowest BCUT2D eigenvalue weighted by atomic mass is 9.99. The minimum Gasteiger partial charge on any atom is -0.389 e. The van der Waals surface area contributed by atoms with Crippen molar-refractivity contribution in [3.8, 4) is 0 Å². The van der Waals surface area contributed by atoms with E-state index in [-0.39, 0.29) is 17.4 Å². The first-order valence-corrected chi connectivity index (χ1v) is 6.42. The minimum atomic E-state index is -1.18. The van der Waals surface area contributed by atoms with E-state index in [4.69, 9.17) is 5.73 Å². The fourth-order valence-electron chi connectivity index (χ4n) is 1.54. The predicted molar refractivity (Wildman–Crippen MR) is 68.4 cm³/mol. The monoisotopic (exact) mass is 273 g/mol. The fraction of sp³-hybridized carbons (Fsp3) is 0.417. The Bertz CT molecular complexity index is 428. The zero-order valence-corrected chi connectivity index (χ0v) is 10.8. The Labute approximate surface area is 109 Å². The van der Waals surface area contributed by atoms with Crippen molar-refractivity contribution in [3.63, 3.8) is 0 Å². The number of thioether (sulfide) groups is 1. The molecule has 0 saturated heterocycles. The van der Waals surface area contributed by atoms with Crippen LogP contribution >= 0.6 is 11.8 Å². The maximum absolute atomic E-state index is 13.0. The van der Waals surface area contributed by atoms with E-state index in [2.05, 4.69) is 0 Å². The van der Waals surface area contributed by atoms with Gasteiger partial charge >= 0.3 is 0 Å². The summed E-state index contributed by atoms with van der Waals surface area (Å²) >= 11 is 0.925. The maximum atomic E-state index is 13.0. The molecular formula is C12H16FNO3S. The Kier molecular flexibility index (Phi) is 5.74. The van der Waals surface area contributed by atoms with Crippen molar-refractivity contribution >= 4 is 16.9 Å². The molecule has 0 aliphatic carbocycles. The van der Waals surface area contributed by atoms with Gasteiger partial charge in [-0.15, -0.1) is 0 Å². The van der Waals surface area contributed by atoms with Crippen LogP contribution in [0.15, 0.2) is 18.2 Å². The highest BCUT2D eigenvalue weighted by Crippen LogP contribution is 2.24. The van der Waals surface area contributed by atoms with Crippen molar-refractivity contribution in [1.29, 1.82) is 0 Å². The third-order valence-corrected chi connectivity index (χ3v) is 3.38. The van der Waals surface area contributed by atoms with Gasteiger partial charge in [0.25, 0.3) is 0 Å². The van der Waals surface area contributed by atoms with Crippen LogP contribution in [0.2, 0.25) is 0 Å². The lowest BCUT2D eigenvalue weighted by Crippen LogP contribution is -2.23. The van der Waals surface area contributed by atoms with Gasteiger partial charge in [0.2, 0.25) is 0 Å². The van der Waals surface area contributed by atoms with Crippen LogP contribution in [-0.2, 0) is 11.3 Å². The SMILES string of the molecule is CC(=O)SCC(O)C(O)c1ccc(F)cc1CN. The molecule has 0 aromatic heterocycles. The van der Waals surface area contributed by atoms with Crippen LogP contribution in [0.25, 0.3) is 0 Å². The van der Waals surface area contributed by atoms with Crippen LogP contribution in [0.1, 0.15) is 24.2 Å². The number of halogens is 1. The van der Waals surface area contributed by atoms with E-state index in [1.807, 2.05) is 0 Å². The van der Waals surface area contributed by atoms with Crippen LogP contribution in [-0.4, -0.2) is 27.2 Å². The molecule has 0 spiro atoms. The number of hydrogen-bond acceptors (Lipinski definition) is 5. The molecule has 2 atom stereocenters. The summed E-state index contributed by atoms with van der Waals surface area (Å²) in [6.45, 7) is 1.45. The molecule has 1 rings (SSSR count). The molecule has 1 aromatic rings.